The van der Waals surface area contributed by atoms with Crippen LogP contribution in [-0.2, 0) is 16.1 Å². The number of benzene rings is 2. The maximum Gasteiger partial charge on any atom is 0.409 e. The van der Waals surface area contributed by atoms with Crippen LogP contribution in [0.5, 0.6) is 0 Å². The van der Waals surface area contributed by atoms with E-state index in [9.17, 15) is 22.8 Å². The molecule has 1 aliphatic carbocycles. The predicted octanol–water partition coefficient (Wildman–Crippen LogP) is 4.02. The summed E-state index contributed by atoms with van der Waals surface area (Å²) in [7, 11) is 3.89. The van der Waals surface area contributed by atoms with Crippen LogP contribution in [0, 0.1) is 0 Å². The van der Waals surface area contributed by atoms with E-state index in [0.29, 0.717) is 6.54 Å². The van der Waals surface area contributed by atoms with Crippen molar-refractivity contribution in [3.05, 3.63) is 54.1 Å². The van der Waals surface area contributed by atoms with E-state index in [0.717, 1.165) is 29.0 Å². The third kappa shape index (κ3) is 5.30. The fourth-order valence-corrected chi connectivity index (χ4v) is 4.13. The smallest absolute Gasteiger partial charge is 0.378 e. The lowest BCUT2D eigenvalue weighted by molar-refractivity contribution is -0.158. The maximum absolute atomic E-state index is 14.0. The van der Waals surface area contributed by atoms with Gasteiger partial charge in [-0.3, -0.25) is 19.4 Å². The molecule has 2 amide bonds. The minimum atomic E-state index is -4.74. The average Bonchev–Trinajstić information content (AvgIpc) is 3.59. The number of carbonyl (C=O) groups excluding carboxylic acids is 2. The van der Waals surface area contributed by atoms with Gasteiger partial charge in [0.25, 0.3) is 0 Å². The predicted molar refractivity (Wildman–Crippen MR) is 121 cm³/mol. The fraction of sp³-hybridized carbons (Fsp3) is 0.417. The van der Waals surface area contributed by atoms with Crippen molar-refractivity contribution in [3.63, 3.8) is 0 Å². The molecular formula is C24H27F3N4O2. The van der Waals surface area contributed by atoms with Crippen LogP contribution in [0.4, 0.5) is 30.2 Å². The van der Waals surface area contributed by atoms with E-state index in [2.05, 4.69) is 5.32 Å². The van der Waals surface area contributed by atoms with Gasteiger partial charge in [0.15, 0.2) is 0 Å². The molecule has 1 fully saturated rings. The number of anilines is 3. The minimum absolute atomic E-state index is 0.0711. The first-order valence-corrected chi connectivity index (χ1v) is 10.9. The summed E-state index contributed by atoms with van der Waals surface area (Å²) >= 11 is 0. The molecule has 1 heterocycles. The second-order valence-electron chi connectivity index (χ2n) is 8.79. The Bertz CT molecular complexity index is 1020. The Hall–Kier alpha value is -3.07. The number of carbonyl (C=O) groups is 2. The van der Waals surface area contributed by atoms with E-state index in [1.165, 1.54) is 12.1 Å². The largest absolute Gasteiger partial charge is 0.409 e. The zero-order valence-corrected chi connectivity index (χ0v) is 18.6. The van der Waals surface area contributed by atoms with E-state index < -0.39 is 30.5 Å². The molecular weight excluding hydrogens is 433 g/mol. The van der Waals surface area contributed by atoms with Gasteiger partial charge in [-0.1, -0.05) is 24.3 Å². The Morgan fingerprint density at radius 2 is 1.76 bits per heavy atom. The molecule has 1 N–H and O–H groups in total. The van der Waals surface area contributed by atoms with Crippen LogP contribution in [0.2, 0.25) is 0 Å². The van der Waals surface area contributed by atoms with Gasteiger partial charge in [-0.15, -0.1) is 0 Å². The first-order valence-electron chi connectivity index (χ1n) is 10.9. The lowest BCUT2D eigenvalue weighted by Gasteiger charge is -2.33. The summed E-state index contributed by atoms with van der Waals surface area (Å²) in [4.78, 5) is 30.2. The highest BCUT2D eigenvalue weighted by atomic mass is 19.4. The minimum Gasteiger partial charge on any atom is -0.378 e. The normalized spacial score (nSPS) is 18.5. The number of amides is 2. The number of halogens is 3. The van der Waals surface area contributed by atoms with Crippen LogP contribution in [0.1, 0.15) is 24.8 Å². The number of hydrogen-bond acceptors (Lipinski definition) is 4. The average molecular weight is 461 g/mol. The van der Waals surface area contributed by atoms with E-state index >= 15 is 0 Å². The third-order valence-electron chi connectivity index (χ3n) is 6.01. The molecule has 0 unspecified atom stereocenters. The molecule has 4 rings (SSSR count). The SMILES string of the molecule is CN(C)c1ccc(CN(CC(=O)N2c3ccccc3NC(=O)C[C@H]2C(F)(F)F)C2CC2)cc1. The van der Waals surface area contributed by atoms with Gasteiger partial charge < -0.3 is 10.2 Å². The van der Waals surface area contributed by atoms with E-state index in [-0.39, 0.29) is 24.0 Å². The highest BCUT2D eigenvalue weighted by Gasteiger charge is 2.49. The first kappa shape index (κ1) is 23.1. The number of alkyl halides is 3. The van der Waals surface area contributed by atoms with Crippen molar-refractivity contribution in [2.45, 2.75) is 44.1 Å². The summed E-state index contributed by atoms with van der Waals surface area (Å²) in [5.74, 6) is -1.43. The Balaban J connectivity index is 1.60. The van der Waals surface area contributed by atoms with Gasteiger partial charge in [-0.2, -0.15) is 13.2 Å². The number of para-hydroxylation sites is 2. The van der Waals surface area contributed by atoms with Gasteiger partial charge >= 0.3 is 6.18 Å². The van der Waals surface area contributed by atoms with Crippen LogP contribution in [-0.4, -0.2) is 55.6 Å². The monoisotopic (exact) mass is 460 g/mol. The molecule has 1 saturated carbocycles. The molecule has 0 aromatic heterocycles. The molecule has 0 spiro atoms. The lowest BCUT2D eigenvalue weighted by Crippen LogP contribution is -2.52. The van der Waals surface area contributed by atoms with Crippen molar-refractivity contribution >= 4 is 28.9 Å². The van der Waals surface area contributed by atoms with Gasteiger partial charge in [-0.05, 0) is 42.7 Å². The number of hydrogen-bond donors (Lipinski definition) is 1. The highest BCUT2D eigenvalue weighted by Crippen LogP contribution is 2.38. The lowest BCUT2D eigenvalue weighted by atomic mass is 10.1. The summed E-state index contributed by atoms with van der Waals surface area (Å²) in [5, 5.41) is 2.50. The van der Waals surface area contributed by atoms with Crippen LogP contribution in [0.3, 0.4) is 0 Å². The second kappa shape index (κ2) is 9.05. The summed E-state index contributed by atoms with van der Waals surface area (Å²) in [6.07, 6.45) is -3.76. The molecule has 33 heavy (non-hydrogen) atoms. The Morgan fingerprint density at radius 1 is 1.09 bits per heavy atom. The van der Waals surface area contributed by atoms with Gasteiger partial charge in [0.05, 0.1) is 24.3 Å². The first-order chi connectivity index (χ1) is 15.6. The zero-order chi connectivity index (χ0) is 23.8. The molecule has 2 aromatic carbocycles. The van der Waals surface area contributed by atoms with Crippen LogP contribution in [0.15, 0.2) is 48.5 Å². The summed E-state index contributed by atoms with van der Waals surface area (Å²) in [6, 6.07) is 12.0. The molecule has 0 bridgehead atoms. The van der Waals surface area contributed by atoms with Crippen LogP contribution >= 0.6 is 0 Å². The second-order valence-corrected chi connectivity index (χ2v) is 8.79. The Labute approximate surface area is 191 Å². The van der Waals surface area contributed by atoms with Crippen LogP contribution in [0.25, 0.3) is 0 Å². The molecule has 6 nitrogen and oxygen atoms in total. The van der Waals surface area contributed by atoms with E-state index in [1.54, 1.807) is 12.1 Å². The molecule has 9 heteroatoms. The van der Waals surface area contributed by atoms with Crippen molar-refractivity contribution in [2.75, 3.05) is 35.8 Å². The molecule has 2 aliphatic rings. The van der Waals surface area contributed by atoms with Crippen molar-refractivity contribution in [3.8, 4) is 0 Å². The van der Waals surface area contributed by atoms with Gasteiger partial charge in [0.1, 0.15) is 6.04 Å². The molecule has 0 radical (unpaired) electrons. The van der Waals surface area contributed by atoms with Gasteiger partial charge in [-0.25, -0.2) is 0 Å². The van der Waals surface area contributed by atoms with Gasteiger partial charge in [0, 0.05) is 32.4 Å². The summed E-state index contributed by atoms with van der Waals surface area (Å²) in [5.41, 5.74) is 2.31. The third-order valence-corrected chi connectivity index (χ3v) is 6.01. The molecule has 176 valence electrons. The Kier molecular flexibility index (Phi) is 6.34. The number of nitrogens with one attached hydrogen (secondary N) is 1. The van der Waals surface area contributed by atoms with Crippen LogP contribution < -0.4 is 15.1 Å². The number of rotatable bonds is 6. The van der Waals surface area contributed by atoms with E-state index in [4.69, 9.17) is 0 Å². The Morgan fingerprint density at radius 3 is 2.36 bits per heavy atom. The van der Waals surface area contributed by atoms with Crippen molar-refractivity contribution in [1.82, 2.24) is 4.90 Å². The standard InChI is InChI=1S/C24H27F3N4O2/c1-29(2)17-9-7-16(8-10-17)14-30(18-11-12-18)15-23(33)31-20-6-4-3-5-19(20)28-22(32)13-21(31)24(25,26)27/h3-10,18,21H,11-15H2,1-2H3,(H,28,32)/t21-/m0/s1. The number of fused-ring (bicyclic) bond motifs is 1. The molecule has 1 aliphatic heterocycles. The maximum atomic E-state index is 14.0. The summed E-state index contributed by atoms with van der Waals surface area (Å²) in [6.45, 7) is 0.308. The van der Waals surface area contributed by atoms with Crippen molar-refractivity contribution < 1.29 is 22.8 Å². The van der Waals surface area contributed by atoms with Crippen molar-refractivity contribution in [2.24, 2.45) is 0 Å². The van der Waals surface area contributed by atoms with E-state index in [1.807, 2.05) is 48.2 Å². The summed E-state index contributed by atoms with van der Waals surface area (Å²) < 4.78 is 41.9. The fourth-order valence-electron chi connectivity index (χ4n) is 4.13. The molecule has 0 saturated heterocycles. The molecule has 1 atom stereocenters. The quantitative estimate of drug-likeness (QED) is 0.708. The topological polar surface area (TPSA) is 55.9 Å². The zero-order valence-electron chi connectivity index (χ0n) is 18.6. The highest BCUT2D eigenvalue weighted by molar-refractivity contribution is 6.05. The van der Waals surface area contributed by atoms with Gasteiger partial charge in [0.2, 0.25) is 11.8 Å². The number of nitrogens with zero attached hydrogens (tertiary/aromatic N) is 3. The molecule has 2 aromatic rings. The van der Waals surface area contributed by atoms with Crippen molar-refractivity contribution in [1.29, 1.82) is 0 Å².